The summed E-state index contributed by atoms with van der Waals surface area (Å²) in [5.41, 5.74) is 6.11. The summed E-state index contributed by atoms with van der Waals surface area (Å²) >= 11 is 0. The maximum Gasteiger partial charge on any atom is 0.171 e. The maximum absolute atomic E-state index is 13.8. The topological polar surface area (TPSA) is 61.3 Å². The maximum atomic E-state index is 13.8. The van der Waals surface area contributed by atoms with Crippen molar-refractivity contribution in [3.8, 4) is 17.0 Å². The van der Waals surface area contributed by atoms with Crippen molar-refractivity contribution in [3.63, 3.8) is 0 Å². The highest BCUT2D eigenvalue weighted by Gasteiger charge is 2.15. The third-order valence-corrected chi connectivity index (χ3v) is 3.01. The Morgan fingerprint density at radius 3 is 2.81 bits per heavy atom. The van der Waals surface area contributed by atoms with E-state index < -0.39 is 11.6 Å². The molecular formula is C15H12F2N2O2. The van der Waals surface area contributed by atoms with Gasteiger partial charge in [0.15, 0.2) is 5.58 Å². The second-order valence-electron chi connectivity index (χ2n) is 4.45. The van der Waals surface area contributed by atoms with Crippen molar-refractivity contribution >= 4 is 11.0 Å². The summed E-state index contributed by atoms with van der Waals surface area (Å²) in [5, 5.41) is 4.41. The number of rotatable bonds is 4. The zero-order valence-electron chi connectivity index (χ0n) is 11.0. The first-order valence-electron chi connectivity index (χ1n) is 6.37. The summed E-state index contributed by atoms with van der Waals surface area (Å²) in [6, 6.07) is 8.24. The number of hydrogen-bond acceptors (Lipinski definition) is 4. The number of aromatic nitrogens is 1. The molecule has 3 aromatic rings. The van der Waals surface area contributed by atoms with Crippen molar-refractivity contribution in [1.82, 2.24) is 5.16 Å². The number of halogens is 2. The first kappa shape index (κ1) is 13.5. The molecule has 0 aliphatic carbocycles. The number of benzene rings is 2. The lowest BCUT2D eigenvalue weighted by atomic mass is 10.1. The van der Waals surface area contributed by atoms with Crippen molar-refractivity contribution in [2.24, 2.45) is 5.73 Å². The second kappa shape index (κ2) is 5.49. The average Bonchev–Trinajstić information content (AvgIpc) is 2.90. The fourth-order valence-corrected chi connectivity index (χ4v) is 2.06. The van der Waals surface area contributed by atoms with E-state index in [1.807, 2.05) is 0 Å². The summed E-state index contributed by atoms with van der Waals surface area (Å²) in [5.74, 6) is -0.518. The monoisotopic (exact) mass is 290 g/mol. The second-order valence-corrected chi connectivity index (χ2v) is 4.45. The van der Waals surface area contributed by atoms with Gasteiger partial charge in [-0.2, -0.15) is 0 Å². The van der Waals surface area contributed by atoms with Crippen LogP contribution in [0.3, 0.4) is 0 Å². The Hall–Kier alpha value is -2.47. The molecule has 21 heavy (non-hydrogen) atoms. The molecule has 1 aromatic heterocycles. The van der Waals surface area contributed by atoms with Gasteiger partial charge in [-0.3, -0.25) is 0 Å². The number of ether oxygens (including phenoxy) is 1. The molecule has 2 N–H and O–H groups in total. The zero-order chi connectivity index (χ0) is 14.8. The van der Waals surface area contributed by atoms with Gasteiger partial charge in [-0.25, -0.2) is 8.78 Å². The normalized spacial score (nSPS) is 11.0. The Labute approximate surface area is 119 Å². The molecule has 6 heteroatoms. The fraction of sp³-hybridized carbons (Fsp3) is 0.133. The minimum absolute atomic E-state index is 0.0596. The van der Waals surface area contributed by atoms with E-state index in [1.165, 1.54) is 0 Å². The van der Waals surface area contributed by atoms with E-state index in [-0.39, 0.29) is 11.3 Å². The van der Waals surface area contributed by atoms with Crippen molar-refractivity contribution < 1.29 is 18.0 Å². The third-order valence-electron chi connectivity index (χ3n) is 3.01. The lowest BCUT2D eigenvalue weighted by Crippen LogP contribution is -2.10. The summed E-state index contributed by atoms with van der Waals surface area (Å²) in [6.45, 7) is 0.777. The molecule has 0 amide bonds. The van der Waals surface area contributed by atoms with Crippen molar-refractivity contribution in [2.75, 3.05) is 13.2 Å². The van der Waals surface area contributed by atoms with Crippen LogP contribution in [-0.2, 0) is 0 Å². The molecule has 2 aromatic carbocycles. The predicted molar refractivity (Wildman–Crippen MR) is 73.9 cm³/mol. The summed E-state index contributed by atoms with van der Waals surface area (Å²) in [4.78, 5) is 0. The van der Waals surface area contributed by atoms with Gasteiger partial charge in [0.1, 0.15) is 29.7 Å². The van der Waals surface area contributed by atoms with Crippen molar-refractivity contribution in [3.05, 3.63) is 48.0 Å². The van der Waals surface area contributed by atoms with Crippen LogP contribution in [0, 0.1) is 11.6 Å². The van der Waals surface area contributed by atoms with Crippen LogP contribution < -0.4 is 10.5 Å². The summed E-state index contributed by atoms with van der Waals surface area (Å²) in [7, 11) is 0. The van der Waals surface area contributed by atoms with E-state index in [0.29, 0.717) is 29.9 Å². The minimum Gasteiger partial charge on any atom is -0.492 e. The van der Waals surface area contributed by atoms with Gasteiger partial charge in [-0.1, -0.05) is 5.16 Å². The van der Waals surface area contributed by atoms with Crippen LogP contribution in [0.5, 0.6) is 5.75 Å². The predicted octanol–water partition coefficient (Wildman–Crippen LogP) is 3.11. The molecule has 0 spiro atoms. The van der Waals surface area contributed by atoms with Gasteiger partial charge >= 0.3 is 0 Å². The molecule has 4 nitrogen and oxygen atoms in total. The Morgan fingerprint density at radius 1 is 1.14 bits per heavy atom. The molecule has 0 saturated heterocycles. The number of hydrogen-bond donors (Lipinski definition) is 1. The Morgan fingerprint density at radius 2 is 2.00 bits per heavy atom. The minimum atomic E-state index is -0.560. The van der Waals surface area contributed by atoms with E-state index in [0.717, 1.165) is 18.2 Å². The molecule has 3 rings (SSSR count). The fourth-order valence-electron chi connectivity index (χ4n) is 2.06. The van der Waals surface area contributed by atoms with Gasteiger partial charge in [0.25, 0.3) is 0 Å². The van der Waals surface area contributed by atoms with Crippen LogP contribution in [0.2, 0.25) is 0 Å². The molecule has 0 saturated carbocycles. The van der Waals surface area contributed by atoms with Gasteiger partial charge in [0.05, 0.1) is 5.39 Å². The van der Waals surface area contributed by atoms with E-state index in [9.17, 15) is 8.78 Å². The van der Waals surface area contributed by atoms with E-state index in [1.54, 1.807) is 18.2 Å². The highest BCUT2D eigenvalue weighted by atomic mass is 19.1. The van der Waals surface area contributed by atoms with E-state index in [4.69, 9.17) is 15.0 Å². The molecule has 0 fully saturated rings. The van der Waals surface area contributed by atoms with Gasteiger partial charge in [0.2, 0.25) is 0 Å². The highest BCUT2D eigenvalue weighted by Crippen LogP contribution is 2.32. The largest absolute Gasteiger partial charge is 0.492 e. The van der Waals surface area contributed by atoms with Gasteiger partial charge in [-0.15, -0.1) is 0 Å². The molecule has 0 unspecified atom stereocenters. The first-order valence-corrected chi connectivity index (χ1v) is 6.37. The average molecular weight is 290 g/mol. The van der Waals surface area contributed by atoms with Crippen LogP contribution in [0.15, 0.2) is 40.9 Å². The van der Waals surface area contributed by atoms with Gasteiger partial charge in [0, 0.05) is 18.2 Å². The first-order chi connectivity index (χ1) is 10.2. The molecule has 0 aliphatic heterocycles. The van der Waals surface area contributed by atoms with Gasteiger partial charge in [-0.05, 0) is 30.3 Å². The van der Waals surface area contributed by atoms with E-state index in [2.05, 4.69) is 5.16 Å². The van der Waals surface area contributed by atoms with E-state index >= 15 is 0 Å². The number of nitrogens with two attached hydrogens (primary N) is 1. The number of fused-ring (bicyclic) bond motifs is 1. The molecule has 0 radical (unpaired) electrons. The van der Waals surface area contributed by atoms with Crippen LogP contribution in [0.25, 0.3) is 22.2 Å². The summed E-state index contributed by atoms with van der Waals surface area (Å²) in [6.07, 6.45) is 0. The molecule has 0 aliphatic rings. The number of nitrogens with zero attached hydrogens (tertiary/aromatic N) is 1. The van der Waals surface area contributed by atoms with Crippen LogP contribution in [0.1, 0.15) is 0 Å². The summed E-state index contributed by atoms with van der Waals surface area (Å²) < 4.78 is 37.6. The molecule has 0 bridgehead atoms. The smallest absolute Gasteiger partial charge is 0.171 e. The zero-order valence-corrected chi connectivity index (χ0v) is 11.0. The van der Waals surface area contributed by atoms with Crippen molar-refractivity contribution in [2.45, 2.75) is 0 Å². The third kappa shape index (κ3) is 2.57. The SMILES string of the molecule is NCCOc1ccc2c(-c3cc(F)ccc3F)noc2c1. The lowest BCUT2D eigenvalue weighted by Gasteiger charge is -2.03. The Kier molecular flexibility index (Phi) is 3.53. The molecular weight excluding hydrogens is 278 g/mol. The lowest BCUT2D eigenvalue weighted by molar-refractivity contribution is 0.328. The van der Waals surface area contributed by atoms with Crippen LogP contribution >= 0.6 is 0 Å². The quantitative estimate of drug-likeness (QED) is 0.802. The molecule has 1 heterocycles. The molecule has 108 valence electrons. The Bertz CT molecular complexity index is 786. The Balaban J connectivity index is 2.06. The van der Waals surface area contributed by atoms with Crippen molar-refractivity contribution in [1.29, 1.82) is 0 Å². The van der Waals surface area contributed by atoms with Crippen LogP contribution in [-0.4, -0.2) is 18.3 Å². The van der Waals surface area contributed by atoms with Crippen LogP contribution in [0.4, 0.5) is 8.78 Å². The molecule has 0 atom stereocenters. The van der Waals surface area contributed by atoms with Gasteiger partial charge < -0.3 is 15.0 Å². The highest BCUT2D eigenvalue weighted by molar-refractivity contribution is 5.92. The standard InChI is InChI=1S/C15H12F2N2O2/c16-9-1-4-13(17)12(7-9)15-11-3-2-10(20-6-5-18)8-14(11)21-19-15/h1-4,7-8H,5-6,18H2.